The third kappa shape index (κ3) is 3.49. The van der Waals surface area contributed by atoms with E-state index < -0.39 is 0 Å². The lowest BCUT2D eigenvalue weighted by Gasteiger charge is -2.15. The summed E-state index contributed by atoms with van der Waals surface area (Å²) in [5.74, 6) is 0.826. The second-order valence-corrected chi connectivity index (χ2v) is 5.11. The molecule has 0 fully saturated rings. The zero-order valence-corrected chi connectivity index (χ0v) is 11.9. The molecule has 0 saturated heterocycles. The first kappa shape index (κ1) is 13.9. The standard InChI is InChI=1S/C16H18ClNO/c1-11-3-5-12(6-4-11)15(18)10-13-9-14(17)7-8-16(13)19-2/h3-9,15H,10,18H2,1-2H3. The summed E-state index contributed by atoms with van der Waals surface area (Å²) in [5, 5.41) is 0.701. The van der Waals surface area contributed by atoms with E-state index in [1.165, 1.54) is 5.56 Å². The zero-order chi connectivity index (χ0) is 13.8. The van der Waals surface area contributed by atoms with Crippen molar-refractivity contribution in [1.82, 2.24) is 0 Å². The molecule has 3 heteroatoms. The second-order valence-electron chi connectivity index (χ2n) is 4.68. The Labute approximate surface area is 119 Å². The minimum atomic E-state index is -0.0621. The minimum Gasteiger partial charge on any atom is -0.496 e. The van der Waals surface area contributed by atoms with Gasteiger partial charge < -0.3 is 10.5 Å². The quantitative estimate of drug-likeness (QED) is 0.918. The van der Waals surface area contributed by atoms with E-state index in [0.717, 1.165) is 16.9 Å². The molecule has 0 aliphatic heterocycles. The van der Waals surface area contributed by atoms with Crippen LogP contribution in [-0.2, 0) is 6.42 Å². The summed E-state index contributed by atoms with van der Waals surface area (Å²) < 4.78 is 5.34. The number of aryl methyl sites for hydroxylation is 1. The van der Waals surface area contributed by atoms with Crippen molar-refractivity contribution in [3.8, 4) is 5.75 Å². The molecule has 0 aromatic heterocycles. The lowest BCUT2D eigenvalue weighted by atomic mass is 9.98. The molecule has 0 radical (unpaired) electrons. The van der Waals surface area contributed by atoms with Gasteiger partial charge in [-0.2, -0.15) is 0 Å². The fourth-order valence-electron chi connectivity index (χ4n) is 2.08. The molecule has 0 heterocycles. The normalized spacial score (nSPS) is 12.2. The lowest BCUT2D eigenvalue weighted by Crippen LogP contribution is -2.13. The number of hydrogen-bond donors (Lipinski definition) is 1. The maximum Gasteiger partial charge on any atom is 0.122 e. The summed E-state index contributed by atoms with van der Waals surface area (Å²) in [7, 11) is 1.66. The SMILES string of the molecule is COc1ccc(Cl)cc1CC(N)c1ccc(C)cc1. The van der Waals surface area contributed by atoms with Gasteiger partial charge in [0.1, 0.15) is 5.75 Å². The van der Waals surface area contributed by atoms with Gasteiger partial charge in [0.25, 0.3) is 0 Å². The Hall–Kier alpha value is -1.51. The molecular weight excluding hydrogens is 258 g/mol. The smallest absolute Gasteiger partial charge is 0.122 e. The van der Waals surface area contributed by atoms with Crippen LogP contribution in [0.5, 0.6) is 5.75 Å². The number of ether oxygens (including phenoxy) is 1. The Morgan fingerprint density at radius 3 is 2.47 bits per heavy atom. The molecule has 2 aromatic carbocycles. The average Bonchev–Trinajstić information content (AvgIpc) is 2.39. The molecule has 0 amide bonds. The van der Waals surface area contributed by atoms with E-state index in [4.69, 9.17) is 22.1 Å². The molecule has 1 unspecified atom stereocenters. The number of hydrogen-bond acceptors (Lipinski definition) is 2. The van der Waals surface area contributed by atoms with Crippen LogP contribution in [0.25, 0.3) is 0 Å². The summed E-state index contributed by atoms with van der Waals surface area (Å²) in [4.78, 5) is 0. The van der Waals surface area contributed by atoms with E-state index in [1.807, 2.05) is 18.2 Å². The highest BCUT2D eigenvalue weighted by atomic mass is 35.5. The van der Waals surface area contributed by atoms with E-state index in [0.29, 0.717) is 11.4 Å². The molecule has 0 aliphatic rings. The van der Waals surface area contributed by atoms with Crippen LogP contribution in [0.15, 0.2) is 42.5 Å². The largest absolute Gasteiger partial charge is 0.496 e. The van der Waals surface area contributed by atoms with Crippen LogP contribution in [0.3, 0.4) is 0 Å². The van der Waals surface area contributed by atoms with Gasteiger partial charge in [-0.05, 0) is 42.7 Å². The Morgan fingerprint density at radius 1 is 1.16 bits per heavy atom. The Kier molecular flexibility index (Phi) is 4.46. The topological polar surface area (TPSA) is 35.2 Å². The molecule has 0 saturated carbocycles. The molecule has 2 N–H and O–H groups in total. The summed E-state index contributed by atoms with van der Waals surface area (Å²) in [5.41, 5.74) is 9.63. The van der Waals surface area contributed by atoms with Crippen LogP contribution in [0.4, 0.5) is 0 Å². The maximum atomic E-state index is 6.25. The Balaban J connectivity index is 2.20. The van der Waals surface area contributed by atoms with E-state index in [-0.39, 0.29) is 6.04 Å². The predicted octanol–water partition coefficient (Wildman–Crippen LogP) is 3.90. The molecule has 0 spiro atoms. The van der Waals surface area contributed by atoms with Crippen LogP contribution in [0.2, 0.25) is 5.02 Å². The molecule has 2 rings (SSSR count). The fraction of sp³-hybridized carbons (Fsp3) is 0.250. The maximum absolute atomic E-state index is 6.25. The van der Waals surface area contributed by atoms with E-state index in [9.17, 15) is 0 Å². The van der Waals surface area contributed by atoms with Gasteiger partial charge in [-0.25, -0.2) is 0 Å². The minimum absolute atomic E-state index is 0.0621. The van der Waals surface area contributed by atoms with Gasteiger partial charge in [0, 0.05) is 11.1 Å². The summed E-state index contributed by atoms with van der Waals surface area (Å²) in [6.45, 7) is 2.06. The first-order valence-corrected chi connectivity index (χ1v) is 6.62. The molecule has 19 heavy (non-hydrogen) atoms. The van der Waals surface area contributed by atoms with Crippen molar-refractivity contribution in [2.45, 2.75) is 19.4 Å². The van der Waals surface area contributed by atoms with Crippen molar-refractivity contribution in [2.75, 3.05) is 7.11 Å². The highest BCUT2D eigenvalue weighted by Crippen LogP contribution is 2.26. The van der Waals surface area contributed by atoms with Crippen LogP contribution in [0, 0.1) is 6.92 Å². The van der Waals surface area contributed by atoms with Crippen LogP contribution >= 0.6 is 11.6 Å². The summed E-state index contributed by atoms with van der Waals surface area (Å²) in [6, 6.07) is 13.8. The summed E-state index contributed by atoms with van der Waals surface area (Å²) in [6.07, 6.45) is 0.701. The second kappa shape index (κ2) is 6.09. The van der Waals surface area contributed by atoms with Crippen LogP contribution in [0.1, 0.15) is 22.7 Å². The average molecular weight is 276 g/mol. The fourth-order valence-corrected chi connectivity index (χ4v) is 2.27. The lowest BCUT2D eigenvalue weighted by molar-refractivity contribution is 0.408. The third-order valence-corrected chi connectivity index (χ3v) is 3.42. The highest BCUT2D eigenvalue weighted by molar-refractivity contribution is 6.30. The van der Waals surface area contributed by atoms with Gasteiger partial charge >= 0.3 is 0 Å². The number of benzene rings is 2. The van der Waals surface area contributed by atoms with Crippen molar-refractivity contribution in [1.29, 1.82) is 0 Å². The number of halogens is 1. The Morgan fingerprint density at radius 2 is 1.84 bits per heavy atom. The summed E-state index contributed by atoms with van der Waals surface area (Å²) >= 11 is 6.03. The zero-order valence-electron chi connectivity index (χ0n) is 11.2. The monoisotopic (exact) mass is 275 g/mol. The van der Waals surface area contributed by atoms with Crippen molar-refractivity contribution >= 4 is 11.6 Å². The Bertz CT molecular complexity index is 551. The van der Waals surface area contributed by atoms with Crippen molar-refractivity contribution in [2.24, 2.45) is 5.73 Å². The van der Waals surface area contributed by atoms with Gasteiger partial charge in [0.2, 0.25) is 0 Å². The molecule has 0 bridgehead atoms. The van der Waals surface area contributed by atoms with Gasteiger partial charge in [-0.15, -0.1) is 0 Å². The van der Waals surface area contributed by atoms with Gasteiger partial charge in [-0.3, -0.25) is 0 Å². The molecule has 2 nitrogen and oxygen atoms in total. The molecule has 0 aliphatic carbocycles. The van der Waals surface area contributed by atoms with Crippen molar-refractivity contribution < 1.29 is 4.74 Å². The predicted molar refractivity (Wildman–Crippen MR) is 79.8 cm³/mol. The number of rotatable bonds is 4. The van der Waals surface area contributed by atoms with Crippen molar-refractivity contribution in [3.05, 3.63) is 64.2 Å². The van der Waals surface area contributed by atoms with E-state index >= 15 is 0 Å². The molecule has 100 valence electrons. The first-order valence-electron chi connectivity index (χ1n) is 6.24. The molecule has 2 aromatic rings. The van der Waals surface area contributed by atoms with Crippen LogP contribution < -0.4 is 10.5 Å². The van der Waals surface area contributed by atoms with Gasteiger partial charge in [0.05, 0.1) is 7.11 Å². The van der Waals surface area contributed by atoms with E-state index in [1.54, 1.807) is 7.11 Å². The highest BCUT2D eigenvalue weighted by Gasteiger charge is 2.11. The van der Waals surface area contributed by atoms with Gasteiger partial charge in [0.15, 0.2) is 0 Å². The number of nitrogens with two attached hydrogens (primary N) is 1. The number of methoxy groups -OCH3 is 1. The van der Waals surface area contributed by atoms with Gasteiger partial charge in [-0.1, -0.05) is 41.4 Å². The molecule has 1 atom stereocenters. The van der Waals surface area contributed by atoms with E-state index in [2.05, 4.69) is 31.2 Å². The first-order chi connectivity index (χ1) is 9.10. The van der Waals surface area contributed by atoms with Crippen molar-refractivity contribution in [3.63, 3.8) is 0 Å². The van der Waals surface area contributed by atoms with Crippen LogP contribution in [-0.4, -0.2) is 7.11 Å². The molecular formula is C16H18ClNO. The third-order valence-electron chi connectivity index (χ3n) is 3.19.